The number of hydrogen-bond acceptors (Lipinski definition) is 13. The summed E-state index contributed by atoms with van der Waals surface area (Å²) in [5, 5.41) is 15.6. The van der Waals surface area contributed by atoms with Gasteiger partial charge in [-0.3, -0.25) is 32.8 Å². The SMILES string of the molecule is CCN(CC)c1ccc2c(-c3ccccc3C(=O)NCC=Cc3cn(C4CC(O)C(COP(=O)(O)CP(=O)(O)CP(=O)(O)O)O4)c(=O)[nH]c3=O)c3c(=O)oc4cc(=[N+](CC)CC)ccc4c3oc2c1. The smallest absolute Gasteiger partial charge is 0.348 e. The highest BCUT2D eigenvalue weighted by molar-refractivity contribution is 7.79. The molecule has 1 aliphatic heterocycles. The summed E-state index contributed by atoms with van der Waals surface area (Å²) in [5.41, 5.74) is 0.685. The number of aromatic nitrogens is 2. The van der Waals surface area contributed by atoms with Crippen molar-refractivity contribution >= 4 is 73.1 Å². The minimum absolute atomic E-state index is 0.0520. The Morgan fingerprint density at radius 3 is 2.32 bits per heavy atom. The highest BCUT2D eigenvalue weighted by Gasteiger charge is 2.41. The molecule has 1 aliphatic rings. The minimum Gasteiger partial charge on any atom is -0.455 e. The van der Waals surface area contributed by atoms with Crippen LogP contribution in [0, 0.1) is 0 Å². The van der Waals surface area contributed by atoms with Gasteiger partial charge in [-0.25, -0.2) is 14.2 Å². The molecule has 5 atom stereocenters. The maximum atomic E-state index is 14.2. The van der Waals surface area contributed by atoms with E-state index >= 15 is 0 Å². The van der Waals surface area contributed by atoms with Gasteiger partial charge in [-0.15, -0.1) is 0 Å². The van der Waals surface area contributed by atoms with Gasteiger partial charge in [0.2, 0.25) is 12.7 Å². The molecule has 0 spiro atoms. The number of ether oxygens (including phenoxy) is 1. The van der Waals surface area contributed by atoms with Crippen LogP contribution >= 0.6 is 22.6 Å². The van der Waals surface area contributed by atoms with Crippen LogP contribution in [0.3, 0.4) is 0 Å². The molecule has 5 unspecified atom stereocenters. The van der Waals surface area contributed by atoms with Crippen molar-refractivity contribution in [1.82, 2.24) is 19.4 Å². The standard InChI is InChI=1S/C45H52N5O16P3/c1-5-48(6-2)28-15-17-32-35(20-28)65-41-33-18-16-29(49(7-3)8-4)21-36(33)66-44(54)40(41)39(32)30-13-9-10-14-31(30)43(53)46-19-11-12-27-23-50(45(55)47-42(27)52)38-22-34(51)37(64-38)24-63-69(61,62)26-67(56,57)25-68(58,59)60/h9-18,20-21,23,34,37-38,51H,5-8,19,22,24-26H2,1-4H3,(H5-,46,47,52,53,55,56,57,58,59,60,61,62)/p+1. The number of fused-ring (bicyclic) bond motifs is 4. The van der Waals surface area contributed by atoms with Gasteiger partial charge in [0, 0.05) is 66.6 Å². The maximum Gasteiger partial charge on any atom is 0.348 e. The van der Waals surface area contributed by atoms with E-state index in [0.29, 0.717) is 38.6 Å². The topological polar surface area (TPSA) is 304 Å². The van der Waals surface area contributed by atoms with Gasteiger partial charge in [-0.1, -0.05) is 30.4 Å². The summed E-state index contributed by atoms with van der Waals surface area (Å²) in [4.78, 5) is 96.3. The molecule has 3 aromatic carbocycles. The highest BCUT2D eigenvalue weighted by Crippen LogP contribution is 2.63. The zero-order valence-corrected chi connectivity index (χ0v) is 40.7. The first-order valence-electron chi connectivity index (χ1n) is 22.0. The number of H-pyrrole nitrogens is 1. The van der Waals surface area contributed by atoms with Crippen LogP contribution in [-0.2, 0) is 23.0 Å². The zero-order valence-electron chi connectivity index (χ0n) is 38.0. The quantitative estimate of drug-likeness (QED) is 0.0205. The Morgan fingerprint density at radius 1 is 0.928 bits per heavy atom. The van der Waals surface area contributed by atoms with Crippen LogP contribution in [0.2, 0.25) is 0 Å². The van der Waals surface area contributed by atoms with E-state index in [2.05, 4.69) is 19.8 Å². The monoisotopic (exact) mass is 1010 g/mol. The molecule has 0 saturated carbocycles. The van der Waals surface area contributed by atoms with E-state index in [1.165, 1.54) is 12.2 Å². The van der Waals surface area contributed by atoms with E-state index in [-0.39, 0.29) is 29.5 Å². The van der Waals surface area contributed by atoms with Gasteiger partial charge in [-0.2, -0.15) is 0 Å². The molecule has 1 fully saturated rings. The number of carbonyl (C=O) groups excluding carboxylic acids is 1. The lowest BCUT2D eigenvalue weighted by atomic mass is 9.93. The summed E-state index contributed by atoms with van der Waals surface area (Å²) in [6, 6.07) is 18.1. The maximum absolute atomic E-state index is 14.2. The number of amides is 1. The summed E-state index contributed by atoms with van der Waals surface area (Å²) in [5.74, 6) is -3.53. The molecule has 0 radical (unpaired) electrons. The van der Waals surface area contributed by atoms with E-state index in [1.54, 1.807) is 24.3 Å². The molecule has 3 aromatic heterocycles. The lowest BCUT2D eigenvalue weighted by molar-refractivity contribution is -0.0423. The predicted octanol–water partition coefficient (Wildman–Crippen LogP) is 4.52. The molecule has 69 heavy (non-hydrogen) atoms. The molecule has 6 aromatic rings. The third kappa shape index (κ3) is 11.6. The number of anilines is 1. The van der Waals surface area contributed by atoms with Crippen molar-refractivity contribution in [2.45, 2.75) is 52.6 Å². The molecule has 7 N–H and O–H groups in total. The fraction of sp³-hybridized carbons (Fsp3) is 0.356. The molecular weight excluding hydrogens is 959 g/mol. The van der Waals surface area contributed by atoms with E-state index in [4.69, 9.17) is 27.9 Å². The number of benzene rings is 3. The molecule has 0 aliphatic carbocycles. The van der Waals surface area contributed by atoms with Gasteiger partial charge in [0.25, 0.3) is 11.5 Å². The number of rotatable bonds is 18. The first-order valence-corrected chi connectivity index (χ1v) is 27.6. The largest absolute Gasteiger partial charge is 0.455 e. The first kappa shape index (κ1) is 51.3. The van der Waals surface area contributed by atoms with Gasteiger partial charge in [0.15, 0.2) is 5.58 Å². The fourth-order valence-corrected chi connectivity index (χ4v) is 14.8. The Kier molecular flexibility index (Phi) is 15.5. The normalized spacial score (nSPS) is 18.2. The van der Waals surface area contributed by atoms with Crippen molar-refractivity contribution in [3.8, 4) is 11.1 Å². The summed E-state index contributed by atoms with van der Waals surface area (Å²) >= 11 is 0. The lowest BCUT2D eigenvalue weighted by Crippen LogP contribution is -2.33. The molecule has 1 saturated heterocycles. The number of aliphatic hydroxyl groups excluding tert-OH is 1. The van der Waals surface area contributed by atoms with Crippen molar-refractivity contribution < 1.29 is 61.3 Å². The van der Waals surface area contributed by atoms with E-state index in [9.17, 15) is 47.8 Å². The first-order chi connectivity index (χ1) is 32.7. The Hall–Kier alpha value is -5.56. The van der Waals surface area contributed by atoms with Crippen molar-refractivity contribution in [2.24, 2.45) is 0 Å². The Balaban J connectivity index is 1.15. The second-order valence-electron chi connectivity index (χ2n) is 16.3. The average Bonchev–Trinajstić information content (AvgIpc) is 3.66. The number of nitrogens with one attached hydrogen (secondary N) is 2. The molecule has 21 nitrogen and oxygen atoms in total. The van der Waals surface area contributed by atoms with Gasteiger partial charge in [-0.05, 0) is 57.5 Å². The van der Waals surface area contributed by atoms with Crippen molar-refractivity contribution in [1.29, 1.82) is 0 Å². The Labute approximate surface area is 393 Å². The summed E-state index contributed by atoms with van der Waals surface area (Å²) in [7, 11) is -14.7. The zero-order chi connectivity index (χ0) is 50.0. The molecule has 368 valence electrons. The van der Waals surface area contributed by atoms with E-state index in [0.717, 1.165) is 48.0 Å². The second-order valence-corrected chi connectivity index (χ2v) is 23.2. The van der Waals surface area contributed by atoms with Crippen LogP contribution in [0.25, 0.3) is 50.1 Å². The van der Waals surface area contributed by atoms with Gasteiger partial charge in [0.05, 0.1) is 29.7 Å². The molecule has 24 heteroatoms. The number of nitrogens with zero attached hydrogens (tertiary/aromatic N) is 3. The molecule has 0 bridgehead atoms. The predicted molar refractivity (Wildman–Crippen MR) is 260 cm³/mol. The van der Waals surface area contributed by atoms with Crippen LogP contribution in [0.5, 0.6) is 0 Å². The Morgan fingerprint density at radius 2 is 1.62 bits per heavy atom. The number of hydrogen-bond donors (Lipinski definition) is 7. The van der Waals surface area contributed by atoms with Crippen molar-refractivity contribution in [2.75, 3.05) is 56.0 Å². The molecule has 1 amide bonds. The number of carbonyl (C=O) groups is 1. The third-order valence-corrected chi connectivity index (χ3v) is 18.7. The summed E-state index contributed by atoms with van der Waals surface area (Å²) in [6.45, 7) is 10.2. The van der Waals surface area contributed by atoms with Crippen LogP contribution in [0.1, 0.15) is 56.3 Å². The van der Waals surface area contributed by atoms with Gasteiger partial charge >= 0.3 is 26.5 Å². The molecule has 4 heterocycles. The Bertz CT molecular complexity index is 3380. The van der Waals surface area contributed by atoms with E-state index in [1.807, 2.05) is 64.1 Å². The van der Waals surface area contributed by atoms with E-state index < -0.39 is 82.2 Å². The van der Waals surface area contributed by atoms with Gasteiger partial charge < -0.3 is 53.0 Å². The summed E-state index contributed by atoms with van der Waals surface area (Å²) in [6.07, 6.45) is -0.235. The highest BCUT2D eigenvalue weighted by atomic mass is 31.3. The van der Waals surface area contributed by atoms with Crippen LogP contribution < -0.4 is 37.0 Å². The number of aromatic amines is 1. The van der Waals surface area contributed by atoms with Crippen molar-refractivity contribution in [3.05, 3.63) is 121 Å². The third-order valence-electron chi connectivity index (χ3n) is 11.7. The molecule has 7 rings (SSSR count). The van der Waals surface area contributed by atoms with Crippen LogP contribution in [-0.4, -0.2) is 103 Å². The fourth-order valence-electron chi connectivity index (χ4n) is 8.42. The van der Waals surface area contributed by atoms with Crippen LogP contribution in [0.4, 0.5) is 5.69 Å². The van der Waals surface area contributed by atoms with Crippen molar-refractivity contribution in [3.63, 3.8) is 0 Å². The summed E-state index contributed by atoms with van der Waals surface area (Å²) < 4.78 is 62.1. The van der Waals surface area contributed by atoms with Gasteiger partial charge in [0.1, 0.15) is 53.8 Å². The molecular formula is C45H53N5O16P3+. The minimum atomic E-state index is -5.01. The lowest BCUT2D eigenvalue weighted by Gasteiger charge is -2.22. The average molecular weight is 1010 g/mol. The van der Waals surface area contributed by atoms with Crippen LogP contribution in [0.15, 0.2) is 96.2 Å². The number of aliphatic hydroxyl groups is 1. The second kappa shape index (κ2) is 20.8.